The number of anilines is 1. The predicted octanol–water partition coefficient (Wildman–Crippen LogP) is 3.24. The monoisotopic (exact) mass is 428 g/mol. The van der Waals surface area contributed by atoms with Crippen LogP contribution >= 0.6 is 0 Å². The predicted molar refractivity (Wildman–Crippen MR) is 110 cm³/mol. The Hall–Kier alpha value is -3.04. The van der Waals surface area contributed by atoms with Crippen LogP contribution in [0.25, 0.3) is 5.69 Å². The molecule has 1 aliphatic rings. The highest BCUT2D eigenvalue weighted by Crippen LogP contribution is 2.27. The fraction of sp³-hybridized carbons (Fsp3) is 0.238. The minimum Gasteiger partial charge on any atom is -0.326 e. The first-order valence-corrected chi connectivity index (χ1v) is 11.0. The average Bonchev–Trinajstić information content (AvgIpc) is 3.09. The number of nitrogens with one attached hydrogen (secondary N) is 2. The average molecular weight is 428 g/mol. The fourth-order valence-corrected chi connectivity index (χ4v) is 4.85. The van der Waals surface area contributed by atoms with E-state index >= 15 is 0 Å². The summed E-state index contributed by atoms with van der Waals surface area (Å²) in [5, 5.41) is 7.07. The number of sulfonamides is 1. The lowest BCUT2D eigenvalue weighted by Crippen LogP contribution is -2.27. The van der Waals surface area contributed by atoms with Crippen molar-refractivity contribution in [3.05, 3.63) is 71.3 Å². The highest BCUT2D eigenvalue weighted by Gasteiger charge is 2.24. The Bertz CT molecular complexity index is 1220. The first kappa shape index (κ1) is 20.2. The van der Waals surface area contributed by atoms with E-state index in [1.807, 2.05) is 6.92 Å². The van der Waals surface area contributed by atoms with Crippen molar-refractivity contribution in [2.75, 3.05) is 5.32 Å². The summed E-state index contributed by atoms with van der Waals surface area (Å²) in [5.74, 6) is -0.409. The number of carbonyl (C=O) groups excluding carboxylic acids is 1. The summed E-state index contributed by atoms with van der Waals surface area (Å²) >= 11 is 0. The van der Waals surface area contributed by atoms with Gasteiger partial charge >= 0.3 is 0 Å². The van der Waals surface area contributed by atoms with Gasteiger partial charge < -0.3 is 5.32 Å². The van der Waals surface area contributed by atoms with Crippen molar-refractivity contribution in [3.63, 3.8) is 0 Å². The Balaban J connectivity index is 1.57. The maximum Gasteiger partial charge on any atom is 0.241 e. The van der Waals surface area contributed by atoms with E-state index < -0.39 is 16.1 Å². The Labute approximate surface area is 174 Å². The molecule has 9 heteroatoms. The largest absolute Gasteiger partial charge is 0.326 e. The maximum atomic E-state index is 13.2. The smallest absolute Gasteiger partial charge is 0.241 e. The van der Waals surface area contributed by atoms with Crippen LogP contribution in [-0.2, 0) is 21.2 Å². The van der Waals surface area contributed by atoms with Crippen LogP contribution in [0.3, 0.4) is 0 Å². The van der Waals surface area contributed by atoms with Crippen LogP contribution in [0, 0.1) is 12.7 Å². The van der Waals surface area contributed by atoms with Crippen molar-refractivity contribution in [3.8, 4) is 5.69 Å². The number of hydrogen-bond acceptors (Lipinski definition) is 4. The van der Waals surface area contributed by atoms with Gasteiger partial charge in [-0.3, -0.25) is 4.79 Å². The number of carbonyl (C=O) groups is 1. The summed E-state index contributed by atoms with van der Waals surface area (Å²) in [7, 11) is -3.78. The lowest BCUT2D eigenvalue weighted by Gasteiger charge is -2.19. The molecule has 4 rings (SSSR count). The van der Waals surface area contributed by atoms with E-state index in [-0.39, 0.29) is 16.6 Å². The summed E-state index contributed by atoms with van der Waals surface area (Å²) in [6.07, 6.45) is 2.44. The van der Waals surface area contributed by atoms with Crippen LogP contribution in [0.5, 0.6) is 0 Å². The first-order valence-electron chi connectivity index (χ1n) is 9.50. The lowest BCUT2D eigenvalue weighted by molar-refractivity contribution is -0.116. The van der Waals surface area contributed by atoms with Crippen LogP contribution in [0.15, 0.2) is 53.6 Å². The minimum absolute atomic E-state index is 0.0708. The molecule has 0 fully saturated rings. The third-order valence-corrected chi connectivity index (χ3v) is 6.74. The molecule has 0 unspecified atom stereocenters. The van der Waals surface area contributed by atoms with Crippen molar-refractivity contribution >= 4 is 21.6 Å². The van der Waals surface area contributed by atoms with Crippen LogP contribution in [-0.4, -0.2) is 24.1 Å². The molecule has 2 heterocycles. The molecule has 2 N–H and O–H groups in total. The normalized spacial score (nSPS) is 14.8. The topological polar surface area (TPSA) is 93.1 Å². The summed E-state index contributed by atoms with van der Waals surface area (Å²) in [6, 6.07) is 10.1. The lowest BCUT2D eigenvalue weighted by atomic mass is 10.0. The van der Waals surface area contributed by atoms with E-state index in [1.165, 1.54) is 18.2 Å². The summed E-state index contributed by atoms with van der Waals surface area (Å²) in [5.41, 5.74) is 3.60. The van der Waals surface area contributed by atoms with E-state index in [2.05, 4.69) is 15.1 Å². The molecule has 1 amide bonds. The van der Waals surface area contributed by atoms with Crippen molar-refractivity contribution in [2.45, 2.75) is 37.6 Å². The Morgan fingerprint density at radius 1 is 1.17 bits per heavy atom. The van der Waals surface area contributed by atoms with Gasteiger partial charge in [0.2, 0.25) is 15.9 Å². The van der Waals surface area contributed by atoms with Crippen LogP contribution in [0.1, 0.15) is 36.2 Å². The zero-order valence-corrected chi connectivity index (χ0v) is 17.3. The molecule has 0 saturated heterocycles. The number of rotatable bonds is 5. The Morgan fingerprint density at radius 2 is 1.90 bits per heavy atom. The van der Waals surface area contributed by atoms with Crippen molar-refractivity contribution < 1.29 is 17.6 Å². The molecular weight excluding hydrogens is 407 g/mol. The second kappa shape index (κ2) is 7.66. The van der Waals surface area contributed by atoms with E-state index in [4.69, 9.17) is 0 Å². The van der Waals surface area contributed by atoms with Crippen molar-refractivity contribution in [1.82, 2.24) is 14.5 Å². The molecule has 3 aromatic rings. The number of amides is 1. The molecule has 0 bridgehead atoms. The number of hydrogen-bond donors (Lipinski definition) is 2. The molecular formula is C21H21FN4O3S. The van der Waals surface area contributed by atoms with E-state index in [0.29, 0.717) is 29.8 Å². The van der Waals surface area contributed by atoms with Gasteiger partial charge in [0.05, 0.1) is 16.8 Å². The van der Waals surface area contributed by atoms with Crippen molar-refractivity contribution in [1.29, 1.82) is 0 Å². The third-order valence-electron chi connectivity index (χ3n) is 5.20. The minimum atomic E-state index is -3.78. The Morgan fingerprint density at radius 3 is 2.63 bits per heavy atom. The molecule has 30 heavy (non-hydrogen) atoms. The molecule has 1 atom stereocenters. The summed E-state index contributed by atoms with van der Waals surface area (Å²) in [4.78, 5) is 11.6. The standard InChI is InChI=1S/C21H21FN4O3S/c1-13(19-12-23-26(14(19)2)17-6-4-16(22)5-7-17)25-30(28,29)18-8-9-20-15(11-18)3-10-21(27)24-20/h4-9,11-13,25H,3,10H2,1-2H3,(H,24,27)/t13-/m1/s1. The highest BCUT2D eigenvalue weighted by atomic mass is 32.2. The maximum absolute atomic E-state index is 13.2. The SMILES string of the molecule is Cc1c([C@@H](C)NS(=O)(=O)c2ccc3c(c2)CCC(=O)N3)cnn1-c1ccc(F)cc1. The van der Waals surface area contributed by atoms with Crippen LogP contribution in [0.4, 0.5) is 10.1 Å². The highest BCUT2D eigenvalue weighted by molar-refractivity contribution is 7.89. The summed E-state index contributed by atoms with van der Waals surface area (Å²) < 4.78 is 43.4. The van der Waals surface area contributed by atoms with Crippen LogP contribution < -0.4 is 10.0 Å². The number of nitrogens with zero attached hydrogens (tertiary/aromatic N) is 2. The first-order chi connectivity index (χ1) is 14.2. The zero-order valence-electron chi connectivity index (χ0n) is 16.5. The van der Waals surface area contributed by atoms with Gasteiger partial charge in [0.1, 0.15) is 5.82 Å². The molecule has 1 aromatic heterocycles. The zero-order chi connectivity index (χ0) is 21.5. The van der Waals surface area contributed by atoms with Crippen molar-refractivity contribution in [2.24, 2.45) is 0 Å². The number of benzene rings is 2. The summed E-state index contributed by atoms with van der Waals surface area (Å²) in [6.45, 7) is 3.58. The third kappa shape index (κ3) is 3.86. The fourth-order valence-electron chi connectivity index (χ4n) is 3.58. The Kier molecular flexibility index (Phi) is 5.17. The quantitative estimate of drug-likeness (QED) is 0.652. The van der Waals surface area contributed by atoms with Gasteiger partial charge in [-0.15, -0.1) is 0 Å². The molecule has 1 aliphatic heterocycles. The molecule has 2 aromatic carbocycles. The number of aryl methyl sites for hydroxylation is 1. The van der Waals surface area contributed by atoms with Gasteiger partial charge in [0.25, 0.3) is 0 Å². The molecule has 156 valence electrons. The number of fused-ring (bicyclic) bond motifs is 1. The molecule has 0 radical (unpaired) electrons. The van der Waals surface area contributed by atoms with Gasteiger partial charge in [-0.05, 0) is 68.3 Å². The second-order valence-corrected chi connectivity index (χ2v) is 9.00. The van der Waals surface area contributed by atoms with E-state index in [1.54, 1.807) is 42.1 Å². The number of aromatic nitrogens is 2. The van der Waals surface area contributed by atoms with Gasteiger partial charge in [0.15, 0.2) is 0 Å². The molecule has 7 nitrogen and oxygen atoms in total. The van der Waals surface area contributed by atoms with Gasteiger partial charge in [-0.2, -0.15) is 5.10 Å². The van der Waals surface area contributed by atoms with Gasteiger partial charge in [-0.1, -0.05) is 0 Å². The second-order valence-electron chi connectivity index (χ2n) is 7.28. The van der Waals surface area contributed by atoms with Gasteiger partial charge in [0, 0.05) is 29.4 Å². The molecule has 0 spiro atoms. The van der Waals surface area contributed by atoms with E-state index in [9.17, 15) is 17.6 Å². The van der Waals surface area contributed by atoms with Crippen LogP contribution in [0.2, 0.25) is 0 Å². The number of halogens is 1. The molecule has 0 saturated carbocycles. The van der Waals surface area contributed by atoms with Gasteiger partial charge in [-0.25, -0.2) is 22.2 Å². The van der Waals surface area contributed by atoms with E-state index in [0.717, 1.165) is 11.3 Å². The molecule has 0 aliphatic carbocycles.